The largest absolute Gasteiger partial charge is 0.493 e. The summed E-state index contributed by atoms with van der Waals surface area (Å²) in [6.07, 6.45) is 1.69. The van der Waals surface area contributed by atoms with Gasteiger partial charge in [0.1, 0.15) is 0 Å². The van der Waals surface area contributed by atoms with Gasteiger partial charge in [-0.25, -0.2) is 4.79 Å². The first-order valence-electron chi connectivity index (χ1n) is 6.70. The lowest BCUT2D eigenvalue weighted by atomic mass is 10.1. The van der Waals surface area contributed by atoms with Gasteiger partial charge in [0.2, 0.25) is 0 Å². The Hall–Kier alpha value is -2.61. The molecule has 0 saturated heterocycles. The van der Waals surface area contributed by atoms with Crippen molar-refractivity contribution < 1.29 is 19.4 Å². The van der Waals surface area contributed by atoms with Crippen molar-refractivity contribution in [2.45, 2.75) is 6.92 Å². The van der Waals surface area contributed by atoms with Crippen LogP contribution < -0.4 is 20.2 Å². The smallest absolute Gasteiger partial charge is 0.341 e. The molecule has 124 valence electrons. The minimum Gasteiger partial charge on any atom is -0.493 e. The molecule has 0 unspecified atom stereocenters. The molecule has 0 saturated carbocycles. The zero-order valence-electron chi connectivity index (χ0n) is 13.0. The molecule has 0 aliphatic heterocycles. The van der Waals surface area contributed by atoms with Crippen LogP contribution in [-0.2, 0) is 4.79 Å². The number of aliphatic carboxylic acids is 1. The SMILES string of the molecule is C=CCNC(=S)N/N=C(/C)c1ccc(OCC(=O)O)c(OC)c1. The molecule has 1 aromatic rings. The molecule has 0 atom stereocenters. The maximum atomic E-state index is 10.6. The standard InChI is InChI=1S/C15H19N3O4S/c1-4-7-16-15(23)18-17-10(2)11-5-6-12(13(8-11)21-3)22-9-14(19)20/h4-6,8H,1,7,9H2,2-3H3,(H,19,20)(H2,16,18,23)/b17-10-. The molecule has 3 N–H and O–H groups in total. The van der Waals surface area contributed by atoms with E-state index in [0.29, 0.717) is 28.9 Å². The van der Waals surface area contributed by atoms with Gasteiger partial charge in [0.25, 0.3) is 0 Å². The minimum atomic E-state index is -1.06. The molecule has 7 nitrogen and oxygen atoms in total. The first kappa shape index (κ1) is 18.4. The number of benzene rings is 1. The summed E-state index contributed by atoms with van der Waals surface area (Å²) in [5, 5.41) is 16.1. The molecule has 0 fully saturated rings. The van der Waals surface area contributed by atoms with Crippen LogP contribution in [-0.4, -0.2) is 42.2 Å². The third-order valence-corrected chi connectivity index (χ3v) is 2.90. The van der Waals surface area contributed by atoms with Gasteiger partial charge in [-0.2, -0.15) is 5.10 Å². The first-order valence-corrected chi connectivity index (χ1v) is 7.10. The second-order valence-electron chi connectivity index (χ2n) is 4.36. The van der Waals surface area contributed by atoms with Crippen molar-refractivity contribution in [3.63, 3.8) is 0 Å². The van der Waals surface area contributed by atoms with Crippen molar-refractivity contribution in [2.24, 2.45) is 5.10 Å². The van der Waals surface area contributed by atoms with Crippen LogP contribution in [0.2, 0.25) is 0 Å². The van der Waals surface area contributed by atoms with E-state index in [1.807, 2.05) is 0 Å². The lowest BCUT2D eigenvalue weighted by Gasteiger charge is -2.11. The van der Waals surface area contributed by atoms with Crippen LogP contribution in [0, 0.1) is 0 Å². The molecule has 0 bridgehead atoms. The van der Waals surface area contributed by atoms with Crippen LogP contribution in [0.1, 0.15) is 12.5 Å². The van der Waals surface area contributed by atoms with Gasteiger partial charge in [-0.1, -0.05) is 6.08 Å². The number of hydrazone groups is 1. The summed E-state index contributed by atoms with van der Waals surface area (Å²) in [4.78, 5) is 10.6. The van der Waals surface area contributed by atoms with Crippen molar-refractivity contribution in [3.05, 3.63) is 36.4 Å². The number of nitrogens with one attached hydrogen (secondary N) is 2. The highest BCUT2D eigenvalue weighted by Gasteiger charge is 2.09. The van der Waals surface area contributed by atoms with Crippen LogP contribution in [0.5, 0.6) is 11.5 Å². The van der Waals surface area contributed by atoms with E-state index in [9.17, 15) is 4.79 Å². The van der Waals surface area contributed by atoms with Gasteiger partial charge in [-0.3, -0.25) is 5.43 Å². The molecule has 0 aliphatic rings. The third-order valence-electron chi connectivity index (χ3n) is 2.66. The van der Waals surface area contributed by atoms with Crippen LogP contribution >= 0.6 is 12.2 Å². The summed E-state index contributed by atoms with van der Waals surface area (Å²) in [7, 11) is 1.48. The predicted octanol–water partition coefficient (Wildman–Crippen LogP) is 1.53. The van der Waals surface area contributed by atoms with Gasteiger partial charge >= 0.3 is 5.97 Å². The maximum absolute atomic E-state index is 10.6. The van der Waals surface area contributed by atoms with Crippen LogP contribution in [0.3, 0.4) is 0 Å². The summed E-state index contributed by atoms with van der Waals surface area (Å²) in [5.74, 6) is -0.285. The predicted molar refractivity (Wildman–Crippen MR) is 92.3 cm³/mol. The van der Waals surface area contributed by atoms with Gasteiger partial charge < -0.3 is 19.9 Å². The summed E-state index contributed by atoms with van der Waals surface area (Å²) < 4.78 is 10.4. The van der Waals surface area contributed by atoms with Crippen molar-refractivity contribution in [1.29, 1.82) is 0 Å². The number of ether oxygens (including phenoxy) is 2. The fourth-order valence-corrected chi connectivity index (χ4v) is 1.68. The highest BCUT2D eigenvalue weighted by atomic mass is 32.1. The van der Waals surface area contributed by atoms with E-state index in [2.05, 4.69) is 22.4 Å². The van der Waals surface area contributed by atoms with E-state index in [-0.39, 0.29) is 0 Å². The molecule has 0 aromatic heterocycles. The number of carboxylic acids is 1. The van der Waals surface area contributed by atoms with Crippen molar-refractivity contribution in [2.75, 3.05) is 20.3 Å². The third kappa shape index (κ3) is 6.35. The molecule has 1 aromatic carbocycles. The van der Waals surface area contributed by atoms with Crippen molar-refractivity contribution in [3.8, 4) is 11.5 Å². The second-order valence-corrected chi connectivity index (χ2v) is 4.76. The van der Waals surface area contributed by atoms with Crippen molar-refractivity contribution >= 4 is 29.0 Å². The van der Waals surface area contributed by atoms with Crippen molar-refractivity contribution in [1.82, 2.24) is 10.7 Å². The zero-order valence-corrected chi connectivity index (χ0v) is 13.8. The number of nitrogens with zero attached hydrogens (tertiary/aromatic N) is 1. The monoisotopic (exact) mass is 337 g/mol. The van der Waals surface area contributed by atoms with E-state index < -0.39 is 12.6 Å². The van der Waals surface area contributed by atoms with E-state index in [4.69, 9.17) is 26.8 Å². The number of hydrogen-bond donors (Lipinski definition) is 3. The Morgan fingerprint density at radius 3 is 2.83 bits per heavy atom. The molecular formula is C15H19N3O4S. The average Bonchev–Trinajstić information content (AvgIpc) is 2.55. The molecule has 1 rings (SSSR count). The molecule has 0 amide bonds. The van der Waals surface area contributed by atoms with E-state index in [1.54, 1.807) is 31.2 Å². The fraction of sp³-hybridized carbons (Fsp3) is 0.267. The number of thiocarbonyl (C=S) groups is 1. The Kier molecular flexibility index (Phi) is 7.55. The molecule has 0 spiro atoms. The molecule has 23 heavy (non-hydrogen) atoms. The second kappa shape index (κ2) is 9.42. The number of carbonyl (C=O) groups is 1. The highest BCUT2D eigenvalue weighted by Crippen LogP contribution is 2.28. The summed E-state index contributed by atoms with van der Waals surface area (Å²) >= 11 is 5.04. The number of methoxy groups -OCH3 is 1. The van der Waals surface area contributed by atoms with Gasteiger partial charge in [0.15, 0.2) is 23.2 Å². The summed E-state index contributed by atoms with van der Waals surface area (Å²) in [6.45, 7) is 5.49. The highest BCUT2D eigenvalue weighted by molar-refractivity contribution is 7.80. The zero-order chi connectivity index (χ0) is 17.2. The van der Waals surface area contributed by atoms with E-state index in [0.717, 1.165) is 5.56 Å². The number of hydrogen-bond acceptors (Lipinski definition) is 5. The quantitative estimate of drug-likeness (QED) is 0.287. The number of carboxylic acid groups (broad SMARTS) is 1. The summed E-state index contributed by atoms with van der Waals surface area (Å²) in [6, 6.07) is 5.09. The Bertz CT molecular complexity index is 617. The minimum absolute atomic E-state index is 0.350. The average molecular weight is 337 g/mol. The van der Waals surface area contributed by atoms with Crippen LogP contribution in [0.4, 0.5) is 0 Å². The lowest BCUT2D eigenvalue weighted by Crippen LogP contribution is -2.32. The Morgan fingerprint density at radius 1 is 1.48 bits per heavy atom. The molecule has 8 heteroatoms. The van der Waals surface area contributed by atoms with E-state index >= 15 is 0 Å². The summed E-state index contributed by atoms with van der Waals surface area (Å²) in [5.41, 5.74) is 4.18. The lowest BCUT2D eigenvalue weighted by molar-refractivity contribution is -0.139. The molecule has 0 radical (unpaired) electrons. The van der Waals surface area contributed by atoms with Crippen LogP contribution in [0.25, 0.3) is 0 Å². The van der Waals surface area contributed by atoms with Gasteiger partial charge in [-0.05, 0) is 37.3 Å². The van der Waals surface area contributed by atoms with Gasteiger partial charge in [-0.15, -0.1) is 6.58 Å². The Balaban J connectivity index is 2.81. The Labute approximate surface area is 140 Å². The fourth-order valence-electron chi connectivity index (χ4n) is 1.55. The topological polar surface area (TPSA) is 92.2 Å². The molecule has 0 aliphatic carbocycles. The van der Waals surface area contributed by atoms with E-state index in [1.165, 1.54) is 7.11 Å². The maximum Gasteiger partial charge on any atom is 0.341 e. The van der Waals surface area contributed by atoms with Crippen LogP contribution in [0.15, 0.2) is 36.0 Å². The first-order chi connectivity index (χ1) is 11.0. The normalized spacial score (nSPS) is 10.6. The van der Waals surface area contributed by atoms with Gasteiger partial charge in [0.05, 0.1) is 12.8 Å². The van der Waals surface area contributed by atoms with Gasteiger partial charge in [0, 0.05) is 12.1 Å². The molecule has 0 heterocycles. The Morgan fingerprint density at radius 2 is 2.22 bits per heavy atom. The number of rotatable bonds is 8. The molecular weight excluding hydrogens is 318 g/mol.